The summed E-state index contributed by atoms with van der Waals surface area (Å²) in [6, 6.07) is 0. The van der Waals surface area contributed by atoms with Crippen molar-refractivity contribution >= 4 is 15.8 Å². The van der Waals surface area contributed by atoms with Crippen molar-refractivity contribution in [3.05, 3.63) is 0 Å². The molecular weight excluding hydrogens is 264 g/mol. The molecule has 0 aliphatic heterocycles. The first kappa shape index (κ1) is 15.9. The van der Waals surface area contributed by atoms with Gasteiger partial charge < -0.3 is 5.73 Å². The zero-order valence-electron chi connectivity index (χ0n) is 11.6. The van der Waals surface area contributed by atoms with Crippen molar-refractivity contribution in [3.63, 3.8) is 0 Å². The molecule has 0 saturated carbocycles. The van der Waals surface area contributed by atoms with Crippen LogP contribution in [0.15, 0.2) is 5.16 Å². The molecule has 110 valence electrons. The highest BCUT2D eigenvalue weighted by Gasteiger charge is 2.18. The van der Waals surface area contributed by atoms with Gasteiger partial charge in [-0.1, -0.05) is 51.9 Å². The number of aromatic nitrogens is 3. The van der Waals surface area contributed by atoms with Crippen molar-refractivity contribution in [2.45, 2.75) is 63.4 Å². The van der Waals surface area contributed by atoms with Crippen LogP contribution in [0.5, 0.6) is 0 Å². The van der Waals surface area contributed by atoms with Gasteiger partial charge in [-0.05, 0) is 6.42 Å². The molecule has 0 aromatic carbocycles. The number of H-pyrrole nitrogens is 1. The summed E-state index contributed by atoms with van der Waals surface area (Å²) < 4.78 is 23.7. The molecule has 6 nitrogen and oxygen atoms in total. The van der Waals surface area contributed by atoms with Crippen LogP contribution in [-0.4, -0.2) is 29.4 Å². The fourth-order valence-electron chi connectivity index (χ4n) is 1.92. The second-order valence-corrected chi connectivity index (χ2v) is 6.82. The molecule has 0 atom stereocenters. The van der Waals surface area contributed by atoms with E-state index in [1.54, 1.807) is 0 Å². The highest BCUT2D eigenvalue weighted by atomic mass is 32.2. The van der Waals surface area contributed by atoms with E-state index in [-0.39, 0.29) is 16.9 Å². The zero-order chi connectivity index (χ0) is 14.1. The van der Waals surface area contributed by atoms with E-state index in [9.17, 15) is 8.42 Å². The van der Waals surface area contributed by atoms with Gasteiger partial charge >= 0.3 is 0 Å². The number of hydrogen-bond donors (Lipinski definition) is 2. The van der Waals surface area contributed by atoms with Crippen LogP contribution in [0.1, 0.15) is 58.3 Å². The summed E-state index contributed by atoms with van der Waals surface area (Å²) >= 11 is 0. The molecule has 0 amide bonds. The zero-order valence-corrected chi connectivity index (χ0v) is 12.4. The molecule has 1 aromatic heterocycles. The lowest BCUT2D eigenvalue weighted by Gasteiger charge is -2.02. The Hall–Kier alpha value is -1.11. The van der Waals surface area contributed by atoms with Crippen molar-refractivity contribution in [1.29, 1.82) is 0 Å². The maximum absolute atomic E-state index is 11.8. The molecule has 0 saturated heterocycles. The number of nitrogens with zero attached hydrogens (tertiary/aromatic N) is 2. The molecule has 1 heterocycles. The lowest BCUT2D eigenvalue weighted by atomic mass is 10.1. The average Bonchev–Trinajstić information content (AvgIpc) is 2.80. The van der Waals surface area contributed by atoms with Gasteiger partial charge in [0.25, 0.3) is 0 Å². The smallest absolute Gasteiger partial charge is 0.244 e. The number of nitrogen functional groups attached to an aromatic ring is 1. The molecule has 19 heavy (non-hydrogen) atoms. The summed E-state index contributed by atoms with van der Waals surface area (Å²) in [7, 11) is -3.35. The molecule has 0 fully saturated rings. The number of nitrogens with one attached hydrogen (secondary N) is 1. The Labute approximate surface area is 115 Å². The maximum atomic E-state index is 11.8. The molecule has 0 radical (unpaired) electrons. The van der Waals surface area contributed by atoms with E-state index in [1.165, 1.54) is 32.1 Å². The molecule has 1 rings (SSSR count). The number of sulfone groups is 1. The number of rotatable bonds is 10. The van der Waals surface area contributed by atoms with E-state index in [4.69, 9.17) is 5.73 Å². The van der Waals surface area contributed by atoms with Crippen LogP contribution in [0.3, 0.4) is 0 Å². The molecule has 0 spiro atoms. The van der Waals surface area contributed by atoms with Crippen LogP contribution in [-0.2, 0) is 9.84 Å². The number of nitrogens with two attached hydrogens (primary N) is 1. The summed E-state index contributed by atoms with van der Waals surface area (Å²) in [6.45, 7) is 2.20. The van der Waals surface area contributed by atoms with Gasteiger partial charge in [-0.25, -0.2) is 13.5 Å². The van der Waals surface area contributed by atoms with Crippen molar-refractivity contribution in [2.24, 2.45) is 0 Å². The van der Waals surface area contributed by atoms with Gasteiger partial charge in [-0.2, -0.15) is 4.98 Å². The normalized spacial score (nSPS) is 11.8. The minimum atomic E-state index is -3.35. The first-order chi connectivity index (χ1) is 9.06. The van der Waals surface area contributed by atoms with Crippen LogP contribution >= 0.6 is 0 Å². The van der Waals surface area contributed by atoms with E-state index in [0.717, 1.165) is 12.8 Å². The molecule has 0 aliphatic carbocycles. The SMILES string of the molecule is CCCCCCCCCCS(=O)(=O)c1nc(N)n[nH]1. The Balaban J connectivity index is 2.15. The fourth-order valence-corrected chi connectivity index (χ4v) is 3.12. The summed E-state index contributed by atoms with van der Waals surface area (Å²) in [5.41, 5.74) is 5.29. The first-order valence-corrected chi connectivity index (χ1v) is 8.62. The number of aromatic amines is 1. The lowest BCUT2D eigenvalue weighted by Crippen LogP contribution is -2.09. The van der Waals surface area contributed by atoms with E-state index in [1.807, 2.05) is 0 Å². The third kappa shape index (κ3) is 6.04. The number of anilines is 1. The van der Waals surface area contributed by atoms with Crippen molar-refractivity contribution in [1.82, 2.24) is 15.2 Å². The van der Waals surface area contributed by atoms with E-state index in [2.05, 4.69) is 22.1 Å². The lowest BCUT2D eigenvalue weighted by molar-refractivity contribution is 0.568. The second kappa shape index (κ2) is 8.14. The van der Waals surface area contributed by atoms with E-state index in [0.29, 0.717) is 6.42 Å². The highest BCUT2D eigenvalue weighted by Crippen LogP contribution is 2.12. The third-order valence-electron chi connectivity index (χ3n) is 3.04. The van der Waals surface area contributed by atoms with Crippen LogP contribution < -0.4 is 5.73 Å². The Morgan fingerprint density at radius 2 is 1.63 bits per heavy atom. The minimum absolute atomic E-state index is 0.0329. The molecule has 1 aromatic rings. The maximum Gasteiger partial charge on any atom is 0.244 e. The van der Waals surface area contributed by atoms with Gasteiger partial charge in [0.05, 0.1) is 5.75 Å². The molecule has 0 aliphatic rings. The van der Waals surface area contributed by atoms with Gasteiger partial charge in [0.2, 0.25) is 20.9 Å². The third-order valence-corrected chi connectivity index (χ3v) is 4.64. The molecular formula is C12H24N4O2S. The summed E-state index contributed by atoms with van der Waals surface area (Å²) in [5.74, 6) is 0.0749. The van der Waals surface area contributed by atoms with E-state index >= 15 is 0 Å². The molecule has 3 N–H and O–H groups in total. The summed E-state index contributed by atoms with van der Waals surface area (Å²) in [5, 5.41) is 5.76. The van der Waals surface area contributed by atoms with Gasteiger partial charge in [0, 0.05) is 0 Å². The van der Waals surface area contributed by atoms with Gasteiger partial charge in [0.1, 0.15) is 0 Å². The monoisotopic (exact) mass is 288 g/mol. The van der Waals surface area contributed by atoms with Crippen LogP contribution in [0.4, 0.5) is 5.95 Å². The average molecular weight is 288 g/mol. The highest BCUT2D eigenvalue weighted by molar-refractivity contribution is 7.91. The predicted octanol–water partition coefficient (Wildman–Crippen LogP) is 2.30. The second-order valence-electron chi connectivity index (χ2n) is 4.79. The Morgan fingerprint density at radius 1 is 1.05 bits per heavy atom. The first-order valence-electron chi connectivity index (χ1n) is 6.97. The Kier molecular flexibility index (Phi) is 6.83. The number of hydrogen-bond acceptors (Lipinski definition) is 5. The Bertz CT molecular complexity index is 456. The molecule has 7 heteroatoms. The van der Waals surface area contributed by atoms with Gasteiger partial charge in [-0.3, -0.25) is 0 Å². The number of unbranched alkanes of at least 4 members (excludes halogenated alkanes) is 7. The van der Waals surface area contributed by atoms with Crippen molar-refractivity contribution in [3.8, 4) is 0 Å². The van der Waals surface area contributed by atoms with E-state index < -0.39 is 9.84 Å². The summed E-state index contributed by atoms with van der Waals surface area (Å²) in [4.78, 5) is 3.65. The molecule has 0 unspecified atom stereocenters. The van der Waals surface area contributed by atoms with Gasteiger partial charge in [0.15, 0.2) is 0 Å². The van der Waals surface area contributed by atoms with Crippen LogP contribution in [0, 0.1) is 0 Å². The topological polar surface area (TPSA) is 102 Å². The quantitative estimate of drug-likeness (QED) is 0.643. The van der Waals surface area contributed by atoms with Crippen LogP contribution in [0.25, 0.3) is 0 Å². The molecule has 0 bridgehead atoms. The van der Waals surface area contributed by atoms with Crippen LogP contribution in [0.2, 0.25) is 0 Å². The standard InChI is InChI=1S/C12H24N4O2S/c1-2-3-4-5-6-7-8-9-10-19(17,18)12-14-11(13)15-16-12/h2-10H2,1H3,(H3,13,14,15,16). The minimum Gasteiger partial charge on any atom is -0.366 e. The largest absolute Gasteiger partial charge is 0.366 e. The summed E-state index contributed by atoms with van der Waals surface area (Å²) in [6.07, 6.45) is 8.96. The van der Waals surface area contributed by atoms with Crippen molar-refractivity contribution < 1.29 is 8.42 Å². The Morgan fingerprint density at radius 3 is 2.16 bits per heavy atom. The van der Waals surface area contributed by atoms with Gasteiger partial charge in [-0.15, -0.1) is 5.10 Å². The predicted molar refractivity (Wildman–Crippen MR) is 75.5 cm³/mol. The van der Waals surface area contributed by atoms with Crippen molar-refractivity contribution in [2.75, 3.05) is 11.5 Å². The fraction of sp³-hybridized carbons (Fsp3) is 0.833.